The molecule has 0 aromatic rings. The van der Waals surface area contributed by atoms with Gasteiger partial charge in [0, 0.05) is 37.3 Å². The number of hydrogen-bond donors (Lipinski definition) is 1. The van der Waals surface area contributed by atoms with Gasteiger partial charge in [-0.3, -0.25) is 15.0 Å². The van der Waals surface area contributed by atoms with Crippen molar-refractivity contribution in [3.8, 4) is 0 Å². The van der Waals surface area contributed by atoms with Crippen LogP contribution < -0.4 is 5.32 Å². The van der Waals surface area contributed by atoms with Gasteiger partial charge in [-0.25, -0.2) is 0 Å². The van der Waals surface area contributed by atoms with Crippen LogP contribution in [-0.2, 0) is 4.79 Å². The fraction of sp³-hybridized carbons (Fsp3) is 0.909. The summed E-state index contributed by atoms with van der Waals surface area (Å²) >= 11 is 1.81. The van der Waals surface area contributed by atoms with Crippen LogP contribution in [0.2, 0.25) is 0 Å². The molecule has 2 fully saturated rings. The van der Waals surface area contributed by atoms with E-state index in [1.165, 1.54) is 0 Å². The largest absolute Gasteiger partial charge is 0.338 e. The molecule has 2 aliphatic rings. The predicted octanol–water partition coefficient (Wildman–Crippen LogP) is 0.202. The molecule has 0 bridgehead atoms. The number of carbonyl (C=O) groups is 1. The molecule has 0 aromatic carbocycles. The van der Waals surface area contributed by atoms with Crippen LogP contribution in [0.1, 0.15) is 13.3 Å². The third-order valence-corrected chi connectivity index (χ3v) is 4.51. The van der Waals surface area contributed by atoms with Gasteiger partial charge in [-0.05, 0) is 13.5 Å². The summed E-state index contributed by atoms with van der Waals surface area (Å²) in [6.07, 6.45) is 1.12. The van der Waals surface area contributed by atoms with Gasteiger partial charge in [-0.15, -0.1) is 11.8 Å². The van der Waals surface area contributed by atoms with E-state index >= 15 is 0 Å². The highest BCUT2D eigenvalue weighted by Gasteiger charge is 2.31. The summed E-state index contributed by atoms with van der Waals surface area (Å²) in [5.74, 6) is 2.15. The second-order valence-corrected chi connectivity index (χ2v) is 5.63. The summed E-state index contributed by atoms with van der Waals surface area (Å²) in [5, 5.41) is 3.26. The first-order valence-corrected chi connectivity index (χ1v) is 7.18. The SMILES string of the molecule is CCC1CN(C(=O)C2CSCN2)CCN1C. The Bertz CT molecular complexity index is 256. The minimum atomic E-state index is 0.0610. The van der Waals surface area contributed by atoms with Gasteiger partial charge >= 0.3 is 0 Å². The first-order valence-electron chi connectivity index (χ1n) is 6.02. The van der Waals surface area contributed by atoms with Crippen LogP contribution in [0.15, 0.2) is 0 Å². The fourth-order valence-corrected chi connectivity index (χ4v) is 3.29. The Morgan fingerprint density at radius 1 is 1.50 bits per heavy atom. The highest BCUT2D eigenvalue weighted by Crippen LogP contribution is 2.16. The lowest BCUT2D eigenvalue weighted by atomic mass is 10.1. The summed E-state index contributed by atoms with van der Waals surface area (Å²) in [4.78, 5) is 16.6. The number of amides is 1. The van der Waals surface area contributed by atoms with Gasteiger partial charge in [0.25, 0.3) is 0 Å². The Morgan fingerprint density at radius 2 is 2.31 bits per heavy atom. The van der Waals surface area contributed by atoms with Gasteiger partial charge in [0.05, 0.1) is 6.04 Å². The molecule has 0 aliphatic carbocycles. The third-order valence-electron chi connectivity index (χ3n) is 3.57. The van der Waals surface area contributed by atoms with Crippen molar-refractivity contribution in [3.05, 3.63) is 0 Å². The van der Waals surface area contributed by atoms with Gasteiger partial charge < -0.3 is 4.90 Å². The van der Waals surface area contributed by atoms with Crippen molar-refractivity contribution in [2.45, 2.75) is 25.4 Å². The first-order chi connectivity index (χ1) is 7.72. The molecular weight excluding hydrogens is 222 g/mol. The molecular formula is C11H21N3OS. The van der Waals surface area contributed by atoms with Crippen LogP contribution in [0.5, 0.6) is 0 Å². The van der Waals surface area contributed by atoms with Gasteiger partial charge in [-0.1, -0.05) is 6.92 Å². The maximum atomic E-state index is 12.2. The molecule has 92 valence electrons. The summed E-state index contributed by atoms with van der Waals surface area (Å²) in [5.41, 5.74) is 0. The second kappa shape index (κ2) is 5.38. The molecule has 2 rings (SSSR count). The molecule has 2 unspecified atom stereocenters. The standard InChI is InChI=1S/C11H21N3OS/c1-3-9-6-14(5-4-13(9)2)11(15)10-7-16-8-12-10/h9-10,12H,3-8H2,1-2H3. The van der Waals surface area contributed by atoms with Crippen molar-refractivity contribution >= 4 is 17.7 Å². The number of carbonyl (C=O) groups excluding carboxylic acids is 1. The molecule has 0 aromatic heterocycles. The number of rotatable bonds is 2. The van der Waals surface area contributed by atoms with Crippen LogP contribution in [0.3, 0.4) is 0 Å². The minimum absolute atomic E-state index is 0.0610. The van der Waals surface area contributed by atoms with E-state index in [9.17, 15) is 4.79 Å². The van der Waals surface area contributed by atoms with Crippen molar-refractivity contribution < 1.29 is 4.79 Å². The van der Waals surface area contributed by atoms with Crippen LogP contribution in [0.4, 0.5) is 0 Å². The van der Waals surface area contributed by atoms with E-state index in [4.69, 9.17) is 0 Å². The zero-order chi connectivity index (χ0) is 11.5. The quantitative estimate of drug-likeness (QED) is 0.752. The minimum Gasteiger partial charge on any atom is -0.338 e. The number of hydrogen-bond acceptors (Lipinski definition) is 4. The van der Waals surface area contributed by atoms with E-state index in [0.717, 1.165) is 37.7 Å². The maximum absolute atomic E-state index is 12.2. The Labute approximate surface area is 102 Å². The summed E-state index contributed by atoms with van der Waals surface area (Å²) in [6, 6.07) is 0.595. The number of piperazine rings is 1. The zero-order valence-electron chi connectivity index (χ0n) is 10.1. The van der Waals surface area contributed by atoms with Crippen molar-refractivity contribution in [2.75, 3.05) is 38.3 Å². The number of likely N-dealkylation sites (N-methyl/N-ethyl adjacent to an activating group) is 1. The monoisotopic (exact) mass is 243 g/mol. The van der Waals surface area contributed by atoms with Gasteiger partial charge in [0.1, 0.15) is 0 Å². The summed E-state index contributed by atoms with van der Waals surface area (Å²) in [6.45, 7) is 4.98. The lowest BCUT2D eigenvalue weighted by Crippen LogP contribution is -2.56. The van der Waals surface area contributed by atoms with E-state index in [1.54, 1.807) is 0 Å². The lowest BCUT2D eigenvalue weighted by Gasteiger charge is -2.40. The van der Waals surface area contributed by atoms with Crippen molar-refractivity contribution in [3.63, 3.8) is 0 Å². The van der Waals surface area contributed by atoms with Crippen molar-refractivity contribution in [2.24, 2.45) is 0 Å². The van der Waals surface area contributed by atoms with Crippen LogP contribution >= 0.6 is 11.8 Å². The van der Waals surface area contributed by atoms with Crippen LogP contribution in [0, 0.1) is 0 Å². The molecule has 2 aliphatic heterocycles. The number of nitrogens with one attached hydrogen (secondary N) is 1. The van der Waals surface area contributed by atoms with Crippen LogP contribution in [0.25, 0.3) is 0 Å². The molecule has 1 amide bonds. The Balaban J connectivity index is 1.91. The van der Waals surface area contributed by atoms with Gasteiger partial charge in [0.15, 0.2) is 0 Å². The third kappa shape index (κ3) is 2.52. The molecule has 0 radical (unpaired) electrons. The van der Waals surface area contributed by atoms with Crippen molar-refractivity contribution in [1.29, 1.82) is 0 Å². The Morgan fingerprint density at radius 3 is 2.94 bits per heavy atom. The molecule has 0 saturated carbocycles. The normalized spacial score (nSPS) is 32.0. The van der Waals surface area contributed by atoms with E-state index in [2.05, 4.69) is 24.2 Å². The van der Waals surface area contributed by atoms with E-state index < -0.39 is 0 Å². The van der Waals surface area contributed by atoms with E-state index in [1.807, 2.05) is 16.7 Å². The maximum Gasteiger partial charge on any atom is 0.240 e. The van der Waals surface area contributed by atoms with Gasteiger partial charge in [-0.2, -0.15) is 0 Å². The highest BCUT2D eigenvalue weighted by molar-refractivity contribution is 7.99. The molecule has 1 N–H and O–H groups in total. The average molecular weight is 243 g/mol. The lowest BCUT2D eigenvalue weighted by molar-refractivity contribution is -0.135. The Hall–Kier alpha value is -0.260. The molecule has 5 heteroatoms. The fourth-order valence-electron chi connectivity index (χ4n) is 2.36. The molecule has 2 atom stereocenters. The topological polar surface area (TPSA) is 35.6 Å². The predicted molar refractivity (Wildman–Crippen MR) is 67.5 cm³/mol. The van der Waals surface area contributed by atoms with Gasteiger partial charge in [0.2, 0.25) is 5.91 Å². The molecule has 2 saturated heterocycles. The van der Waals surface area contributed by atoms with E-state index in [-0.39, 0.29) is 6.04 Å². The molecule has 16 heavy (non-hydrogen) atoms. The summed E-state index contributed by atoms with van der Waals surface area (Å²) in [7, 11) is 2.15. The first kappa shape index (κ1) is 12.2. The average Bonchev–Trinajstić information content (AvgIpc) is 2.82. The van der Waals surface area contributed by atoms with E-state index in [0.29, 0.717) is 11.9 Å². The second-order valence-electron chi connectivity index (χ2n) is 4.60. The van der Waals surface area contributed by atoms with Crippen molar-refractivity contribution in [1.82, 2.24) is 15.1 Å². The molecule has 4 nitrogen and oxygen atoms in total. The smallest absolute Gasteiger partial charge is 0.240 e. The number of nitrogens with zero attached hydrogens (tertiary/aromatic N) is 2. The zero-order valence-corrected chi connectivity index (χ0v) is 10.9. The summed E-state index contributed by atoms with van der Waals surface area (Å²) < 4.78 is 0. The highest BCUT2D eigenvalue weighted by atomic mass is 32.2. The Kier molecular flexibility index (Phi) is 4.10. The van der Waals surface area contributed by atoms with Crippen LogP contribution in [-0.4, -0.2) is 66.1 Å². The molecule has 2 heterocycles. The number of thioether (sulfide) groups is 1. The molecule has 0 spiro atoms.